The van der Waals surface area contributed by atoms with Crippen LogP contribution in [0.25, 0.3) is 0 Å². The minimum absolute atomic E-state index is 0.229. The lowest BCUT2D eigenvalue weighted by Gasteiger charge is -2.32. The highest BCUT2D eigenvalue weighted by Crippen LogP contribution is 2.23. The summed E-state index contributed by atoms with van der Waals surface area (Å²) < 4.78 is 0. The quantitative estimate of drug-likeness (QED) is 0.765. The van der Waals surface area contributed by atoms with Gasteiger partial charge in [0.1, 0.15) is 0 Å². The Morgan fingerprint density at radius 1 is 1.31 bits per heavy atom. The van der Waals surface area contributed by atoms with Crippen molar-refractivity contribution in [2.75, 3.05) is 39.8 Å². The number of hydrogen-bond donors (Lipinski definition) is 1. The van der Waals surface area contributed by atoms with Crippen molar-refractivity contribution in [3.63, 3.8) is 0 Å². The van der Waals surface area contributed by atoms with E-state index in [1.165, 1.54) is 0 Å². The summed E-state index contributed by atoms with van der Waals surface area (Å²) in [6, 6.07) is 0. The monoisotopic (exact) mass is 227 g/mol. The van der Waals surface area contributed by atoms with E-state index in [0.29, 0.717) is 6.54 Å². The molecule has 94 valence electrons. The van der Waals surface area contributed by atoms with E-state index >= 15 is 0 Å². The second kappa shape index (κ2) is 5.64. The van der Waals surface area contributed by atoms with E-state index < -0.39 is 0 Å². The zero-order valence-electron chi connectivity index (χ0n) is 10.8. The Labute approximate surface area is 98.8 Å². The highest BCUT2D eigenvalue weighted by atomic mass is 16.2. The first-order chi connectivity index (χ1) is 7.53. The molecule has 0 bridgehead atoms. The van der Waals surface area contributed by atoms with Crippen LogP contribution in [-0.2, 0) is 4.79 Å². The van der Waals surface area contributed by atoms with Gasteiger partial charge in [-0.2, -0.15) is 0 Å². The molecule has 0 saturated carbocycles. The van der Waals surface area contributed by atoms with Gasteiger partial charge in [-0.1, -0.05) is 6.92 Å². The molecule has 1 heterocycles. The number of nitrogens with two attached hydrogens (primary N) is 1. The summed E-state index contributed by atoms with van der Waals surface area (Å²) in [5, 5.41) is 0. The van der Waals surface area contributed by atoms with Crippen molar-refractivity contribution in [2.45, 2.75) is 26.7 Å². The Hall–Kier alpha value is -0.610. The zero-order valence-corrected chi connectivity index (χ0v) is 10.8. The summed E-state index contributed by atoms with van der Waals surface area (Å²) >= 11 is 0. The highest BCUT2D eigenvalue weighted by Gasteiger charge is 2.34. The van der Waals surface area contributed by atoms with Gasteiger partial charge in [-0.05, 0) is 33.4 Å². The van der Waals surface area contributed by atoms with Crippen molar-refractivity contribution in [3.8, 4) is 0 Å². The molecule has 4 nitrogen and oxygen atoms in total. The Morgan fingerprint density at radius 3 is 2.56 bits per heavy atom. The third-order valence-corrected chi connectivity index (χ3v) is 3.75. The highest BCUT2D eigenvalue weighted by molar-refractivity contribution is 5.82. The lowest BCUT2D eigenvalue weighted by molar-refractivity contribution is -0.140. The molecule has 1 aliphatic heterocycles. The molecule has 1 rings (SSSR count). The predicted octanol–water partition coefficient (Wildman–Crippen LogP) is 0.526. The first kappa shape index (κ1) is 13.5. The van der Waals surface area contributed by atoms with Gasteiger partial charge in [0.2, 0.25) is 5.91 Å². The van der Waals surface area contributed by atoms with E-state index in [9.17, 15) is 4.79 Å². The van der Waals surface area contributed by atoms with Crippen molar-refractivity contribution in [1.29, 1.82) is 0 Å². The van der Waals surface area contributed by atoms with E-state index in [1.807, 2.05) is 18.7 Å². The number of carbonyl (C=O) groups is 1. The molecule has 4 heteroatoms. The van der Waals surface area contributed by atoms with Crippen molar-refractivity contribution in [3.05, 3.63) is 0 Å². The minimum atomic E-state index is -0.372. The fraction of sp³-hybridized carbons (Fsp3) is 0.917. The number of amides is 1. The number of hydrogen-bond acceptors (Lipinski definition) is 3. The normalized spacial score (nSPS) is 22.6. The minimum Gasteiger partial charge on any atom is -0.341 e. The Balaban J connectivity index is 2.65. The summed E-state index contributed by atoms with van der Waals surface area (Å²) in [5.41, 5.74) is 5.36. The third kappa shape index (κ3) is 2.95. The van der Waals surface area contributed by atoms with Gasteiger partial charge in [0.25, 0.3) is 0 Å². The molecule has 16 heavy (non-hydrogen) atoms. The summed E-state index contributed by atoms with van der Waals surface area (Å²) in [5.74, 6) is 0.229. The molecule has 1 aliphatic rings. The molecule has 0 spiro atoms. The maximum Gasteiger partial charge on any atom is 0.229 e. The molecule has 0 aromatic carbocycles. The van der Waals surface area contributed by atoms with Crippen molar-refractivity contribution in [1.82, 2.24) is 9.80 Å². The topological polar surface area (TPSA) is 49.6 Å². The molecule has 0 aromatic rings. The zero-order chi connectivity index (χ0) is 12.2. The Kier molecular flexibility index (Phi) is 4.74. The van der Waals surface area contributed by atoms with Gasteiger partial charge in [-0.15, -0.1) is 0 Å². The first-order valence-electron chi connectivity index (χ1n) is 6.21. The van der Waals surface area contributed by atoms with Gasteiger partial charge in [0.05, 0.1) is 5.41 Å². The molecule has 0 radical (unpaired) electrons. The van der Waals surface area contributed by atoms with Crippen molar-refractivity contribution in [2.24, 2.45) is 11.1 Å². The van der Waals surface area contributed by atoms with E-state index in [2.05, 4.69) is 11.9 Å². The van der Waals surface area contributed by atoms with Crippen molar-refractivity contribution >= 4 is 5.91 Å². The number of rotatable bonds is 3. The van der Waals surface area contributed by atoms with Crippen LogP contribution in [0.3, 0.4) is 0 Å². The first-order valence-corrected chi connectivity index (χ1v) is 6.21. The molecule has 1 saturated heterocycles. The molecule has 2 N–H and O–H groups in total. The maximum absolute atomic E-state index is 12.4. The molecule has 1 fully saturated rings. The maximum atomic E-state index is 12.4. The van der Waals surface area contributed by atoms with Gasteiger partial charge >= 0.3 is 0 Å². The average Bonchev–Trinajstić information content (AvgIpc) is 2.52. The van der Waals surface area contributed by atoms with Crippen molar-refractivity contribution < 1.29 is 4.79 Å². The van der Waals surface area contributed by atoms with Crippen LogP contribution < -0.4 is 5.73 Å². The summed E-state index contributed by atoms with van der Waals surface area (Å²) in [6.45, 7) is 8.21. The SMILES string of the molecule is CCC(C)(CN)C(=O)N1CCCN(C)CC1. The number of likely N-dealkylation sites (N-methyl/N-ethyl adjacent to an activating group) is 1. The smallest absolute Gasteiger partial charge is 0.229 e. The summed E-state index contributed by atoms with van der Waals surface area (Å²) in [4.78, 5) is 16.6. The molecule has 0 aliphatic carbocycles. The van der Waals surface area contributed by atoms with Crippen LogP contribution in [0.5, 0.6) is 0 Å². The van der Waals surface area contributed by atoms with Crippen LogP contribution in [-0.4, -0.2) is 55.5 Å². The largest absolute Gasteiger partial charge is 0.341 e. The Morgan fingerprint density at radius 2 is 2.00 bits per heavy atom. The second-order valence-electron chi connectivity index (χ2n) is 5.07. The van der Waals surface area contributed by atoms with E-state index in [0.717, 1.165) is 39.0 Å². The molecular weight excluding hydrogens is 202 g/mol. The molecule has 1 unspecified atom stereocenters. The van der Waals surface area contributed by atoms with E-state index in [-0.39, 0.29) is 11.3 Å². The van der Waals surface area contributed by atoms with Crippen LogP contribution in [0.2, 0.25) is 0 Å². The van der Waals surface area contributed by atoms with Gasteiger partial charge < -0.3 is 15.5 Å². The van der Waals surface area contributed by atoms with Crippen LogP contribution in [0.1, 0.15) is 26.7 Å². The van der Waals surface area contributed by atoms with Gasteiger partial charge in [0.15, 0.2) is 0 Å². The molecule has 1 amide bonds. The average molecular weight is 227 g/mol. The van der Waals surface area contributed by atoms with Crippen LogP contribution >= 0.6 is 0 Å². The predicted molar refractivity (Wildman–Crippen MR) is 66.1 cm³/mol. The van der Waals surface area contributed by atoms with Crippen LogP contribution in [0.15, 0.2) is 0 Å². The standard InChI is InChI=1S/C12H25N3O/c1-4-12(2,10-13)11(16)15-7-5-6-14(3)8-9-15/h4-10,13H2,1-3H3. The molecular formula is C12H25N3O. The number of carbonyl (C=O) groups excluding carboxylic acids is 1. The van der Waals surface area contributed by atoms with Gasteiger partial charge in [0, 0.05) is 26.2 Å². The van der Waals surface area contributed by atoms with Gasteiger partial charge in [-0.3, -0.25) is 4.79 Å². The fourth-order valence-electron chi connectivity index (χ4n) is 2.01. The third-order valence-electron chi connectivity index (χ3n) is 3.75. The fourth-order valence-corrected chi connectivity index (χ4v) is 2.01. The van der Waals surface area contributed by atoms with E-state index in [1.54, 1.807) is 0 Å². The summed E-state index contributed by atoms with van der Waals surface area (Å²) in [7, 11) is 2.11. The van der Waals surface area contributed by atoms with Crippen LogP contribution in [0.4, 0.5) is 0 Å². The lowest BCUT2D eigenvalue weighted by atomic mass is 9.86. The second-order valence-corrected chi connectivity index (χ2v) is 5.07. The molecule has 0 aromatic heterocycles. The Bertz CT molecular complexity index is 238. The van der Waals surface area contributed by atoms with Gasteiger partial charge in [-0.25, -0.2) is 0 Å². The van der Waals surface area contributed by atoms with Crippen LogP contribution in [0, 0.1) is 5.41 Å². The molecule has 1 atom stereocenters. The summed E-state index contributed by atoms with van der Waals surface area (Å²) in [6.07, 6.45) is 1.88. The van der Waals surface area contributed by atoms with E-state index in [4.69, 9.17) is 5.73 Å². The number of nitrogens with zero attached hydrogens (tertiary/aromatic N) is 2. The lowest BCUT2D eigenvalue weighted by Crippen LogP contribution is -2.47.